The van der Waals surface area contributed by atoms with E-state index < -0.39 is 0 Å². The van der Waals surface area contributed by atoms with Gasteiger partial charge in [0.2, 0.25) is 0 Å². The van der Waals surface area contributed by atoms with Crippen LogP contribution in [-0.4, -0.2) is 42.0 Å². The monoisotopic (exact) mass is 301 g/mol. The average molecular weight is 301 g/mol. The van der Waals surface area contributed by atoms with E-state index in [2.05, 4.69) is 35.9 Å². The molecule has 1 saturated heterocycles. The van der Waals surface area contributed by atoms with Crippen LogP contribution >= 0.6 is 0 Å². The van der Waals surface area contributed by atoms with Crippen LogP contribution in [0.5, 0.6) is 0 Å². The Morgan fingerprint density at radius 3 is 3.05 bits per heavy atom. The molecule has 4 nitrogen and oxygen atoms in total. The van der Waals surface area contributed by atoms with Crippen molar-refractivity contribution in [2.24, 2.45) is 0 Å². The molecule has 4 heteroatoms. The van der Waals surface area contributed by atoms with Crippen molar-refractivity contribution in [3.05, 3.63) is 42.5 Å². The predicted molar refractivity (Wildman–Crippen MR) is 92.0 cm³/mol. The second kappa shape index (κ2) is 7.99. The van der Waals surface area contributed by atoms with E-state index in [-0.39, 0.29) is 6.03 Å². The Labute approximate surface area is 133 Å². The van der Waals surface area contributed by atoms with Gasteiger partial charge in [0, 0.05) is 31.9 Å². The summed E-state index contributed by atoms with van der Waals surface area (Å²) in [5.41, 5.74) is 2.10. The second-order valence-electron chi connectivity index (χ2n) is 6.12. The largest absolute Gasteiger partial charge is 0.324 e. The lowest BCUT2D eigenvalue weighted by Gasteiger charge is -2.33. The topological polar surface area (TPSA) is 35.6 Å². The van der Waals surface area contributed by atoms with Crippen molar-refractivity contribution < 1.29 is 4.79 Å². The SMILES string of the molecule is C=CCN(C)C(=O)Nc1cccc(CN2CCCC[C@H]2C)c1. The molecule has 1 atom stereocenters. The van der Waals surface area contributed by atoms with Gasteiger partial charge in [-0.05, 0) is 44.0 Å². The summed E-state index contributed by atoms with van der Waals surface area (Å²) < 4.78 is 0. The Hall–Kier alpha value is -1.81. The Morgan fingerprint density at radius 1 is 1.50 bits per heavy atom. The Kier molecular flexibility index (Phi) is 6.01. The number of urea groups is 1. The van der Waals surface area contributed by atoms with Crippen LogP contribution < -0.4 is 5.32 Å². The third kappa shape index (κ3) is 4.60. The standard InChI is InChI=1S/C18H27N3O/c1-4-11-20(3)18(22)19-17-10-7-9-16(13-17)14-21-12-6-5-8-15(21)2/h4,7,9-10,13,15H,1,5-6,8,11-12,14H2,2-3H3,(H,19,22)/t15-/m1/s1. The van der Waals surface area contributed by atoms with Gasteiger partial charge in [-0.2, -0.15) is 0 Å². The van der Waals surface area contributed by atoms with Gasteiger partial charge in [-0.3, -0.25) is 4.90 Å². The van der Waals surface area contributed by atoms with Gasteiger partial charge in [0.1, 0.15) is 0 Å². The molecule has 0 radical (unpaired) electrons. The van der Waals surface area contributed by atoms with Crippen LogP contribution in [0, 0.1) is 0 Å². The molecule has 0 unspecified atom stereocenters. The number of piperidine rings is 1. The first-order valence-electron chi connectivity index (χ1n) is 8.06. The summed E-state index contributed by atoms with van der Waals surface area (Å²) in [5, 5.41) is 2.94. The van der Waals surface area contributed by atoms with Crippen molar-refractivity contribution in [2.75, 3.05) is 25.5 Å². The Bertz CT molecular complexity index is 515. The van der Waals surface area contributed by atoms with Gasteiger partial charge < -0.3 is 10.2 Å². The highest BCUT2D eigenvalue weighted by Crippen LogP contribution is 2.20. The fraction of sp³-hybridized carbons (Fsp3) is 0.500. The number of hydrogen-bond acceptors (Lipinski definition) is 2. The number of benzene rings is 1. The molecule has 2 rings (SSSR count). The first-order valence-corrected chi connectivity index (χ1v) is 8.06. The molecule has 22 heavy (non-hydrogen) atoms. The van der Waals surface area contributed by atoms with E-state index in [0.717, 1.165) is 12.2 Å². The van der Waals surface area contributed by atoms with Crippen molar-refractivity contribution in [3.63, 3.8) is 0 Å². The van der Waals surface area contributed by atoms with Gasteiger partial charge in [-0.15, -0.1) is 6.58 Å². The molecule has 1 heterocycles. The van der Waals surface area contributed by atoms with Crippen LogP contribution in [0.15, 0.2) is 36.9 Å². The zero-order valence-corrected chi connectivity index (χ0v) is 13.7. The Morgan fingerprint density at radius 2 is 2.32 bits per heavy atom. The zero-order chi connectivity index (χ0) is 15.9. The normalized spacial score (nSPS) is 18.7. The van der Waals surface area contributed by atoms with E-state index in [1.807, 2.05) is 12.1 Å². The lowest BCUT2D eigenvalue weighted by molar-refractivity contribution is 0.152. The number of carbonyl (C=O) groups excluding carboxylic acids is 1. The van der Waals surface area contributed by atoms with Gasteiger partial charge >= 0.3 is 6.03 Å². The number of amides is 2. The van der Waals surface area contributed by atoms with Crippen molar-refractivity contribution in [2.45, 2.75) is 38.8 Å². The number of carbonyl (C=O) groups is 1. The van der Waals surface area contributed by atoms with E-state index in [1.165, 1.54) is 31.4 Å². The minimum Gasteiger partial charge on any atom is -0.324 e. The lowest BCUT2D eigenvalue weighted by atomic mass is 10.0. The minimum absolute atomic E-state index is 0.108. The first-order chi connectivity index (χ1) is 10.6. The van der Waals surface area contributed by atoms with Crippen LogP contribution in [0.2, 0.25) is 0 Å². The van der Waals surface area contributed by atoms with E-state index in [4.69, 9.17) is 0 Å². The molecule has 2 amide bonds. The van der Waals surface area contributed by atoms with Gasteiger partial charge in [-0.25, -0.2) is 4.79 Å². The van der Waals surface area contributed by atoms with Crippen LogP contribution in [-0.2, 0) is 6.54 Å². The molecule has 0 bridgehead atoms. The molecule has 1 aromatic carbocycles. The molecule has 1 fully saturated rings. The smallest absolute Gasteiger partial charge is 0.321 e. The van der Waals surface area contributed by atoms with E-state index in [0.29, 0.717) is 12.6 Å². The molecule has 1 N–H and O–H groups in total. The van der Waals surface area contributed by atoms with E-state index >= 15 is 0 Å². The van der Waals surface area contributed by atoms with Gasteiger partial charge in [0.25, 0.3) is 0 Å². The third-order valence-corrected chi connectivity index (χ3v) is 4.25. The molecule has 0 saturated carbocycles. The molecule has 0 aromatic heterocycles. The summed E-state index contributed by atoms with van der Waals surface area (Å²) in [7, 11) is 1.76. The number of nitrogens with one attached hydrogen (secondary N) is 1. The zero-order valence-electron chi connectivity index (χ0n) is 13.7. The maximum absolute atomic E-state index is 12.0. The van der Waals surface area contributed by atoms with Gasteiger partial charge in [0.15, 0.2) is 0 Å². The second-order valence-corrected chi connectivity index (χ2v) is 6.12. The fourth-order valence-electron chi connectivity index (χ4n) is 2.87. The summed E-state index contributed by atoms with van der Waals surface area (Å²) in [6.45, 7) is 8.61. The first kappa shape index (κ1) is 16.6. The number of rotatable bonds is 5. The summed E-state index contributed by atoms with van der Waals surface area (Å²) in [6, 6.07) is 8.68. The van der Waals surface area contributed by atoms with Crippen molar-refractivity contribution in [1.82, 2.24) is 9.80 Å². The quantitative estimate of drug-likeness (QED) is 0.842. The van der Waals surface area contributed by atoms with Crippen LogP contribution in [0.4, 0.5) is 10.5 Å². The maximum Gasteiger partial charge on any atom is 0.321 e. The van der Waals surface area contributed by atoms with Crippen LogP contribution in [0.1, 0.15) is 31.7 Å². The highest BCUT2D eigenvalue weighted by atomic mass is 16.2. The van der Waals surface area contributed by atoms with Crippen molar-refractivity contribution >= 4 is 11.7 Å². The van der Waals surface area contributed by atoms with Crippen LogP contribution in [0.25, 0.3) is 0 Å². The van der Waals surface area contributed by atoms with Gasteiger partial charge in [0.05, 0.1) is 0 Å². The fourth-order valence-corrected chi connectivity index (χ4v) is 2.87. The molecule has 120 valence electrons. The third-order valence-electron chi connectivity index (χ3n) is 4.25. The highest BCUT2D eigenvalue weighted by molar-refractivity contribution is 5.89. The maximum atomic E-state index is 12.0. The number of anilines is 1. The molecule has 1 aliphatic heterocycles. The van der Waals surface area contributed by atoms with Gasteiger partial charge in [-0.1, -0.05) is 24.6 Å². The lowest BCUT2D eigenvalue weighted by Crippen LogP contribution is -2.36. The summed E-state index contributed by atoms with van der Waals surface area (Å²) in [5.74, 6) is 0. The predicted octanol–water partition coefficient (Wildman–Crippen LogP) is 3.71. The molecule has 1 aromatic rings. The number of likely N-dealkylation sites (N-methyl/N-ethyl adjacent to an activating group) is 1. The number of nitrogens with zero attached hydrogens (tertiary/aromatic N) is 2. The van der Waals surface area contributed by atoms with Crippen molar-refractivity contribution in [3.8, 4) is 0 Å². The van der Waals surface area contributed by atoms with Crippen molar-refractivity contribution in [1.29, 1.82) is 0 Å². The highest BCUT2D eigenvalue weighted by Gasteiger charge is 2.18. The summed E-state index contributed by atoms with van der Waals surface area (Å²) >= 11 is 0. The molecular weight excluding hydrogens is 274 g/mol. The average Bonchev–Trinajstić information content (AvgIpc) is 2.50. The molecule has 1 aliphatic rings. The Balaban J connectivity index is 1.97. The summed E-state index contributed by atoms with van der Waals surface area (Å²) in [6.07, 6.45) is 5.62. The van der Waals surface area contributed by atoms with Crippen LogP contribution in [0.3, 0.4) is 0 Å². The minimum atomic E-state index is -0.108. The van der Waals surface area contributed by atoms with E-state index in [1.54, 1.807) is 18.0 Å². The molecule has 0 aliphatic carbocycles. The van der Waals surface area contributed by atoms with E-state index in [9.17, 15) is 4.79 Å². The molecular formula is C18H27N3O. The number of likely N-dealkylation sites (tertiary alicyclic amines) is 1. The number of hydrogen-bond donors (Lipinski definition) is 1. The summed E-state index contributed by atoms with van der Waals surface area (Å²) in [4.78, 5) is 16.1. The molecule has 0 spiro atoms.